The monoisotopic (exact) mass is 1280 g/mol. The molecule has 2 aliphatic heterocycles. The molecule has 21 nitrogen and oxygen atoms in total. The molecule has 95 heavy (non-hydrogen) atoms. The summed E-state index contributed by atoms with van der Waals surface area (Å²) in [5.41, 5.74) is 18.9. The summed E-state index contributed by atoms with van der Waals surface area (Å²) >= 11 is 0. The Kier molecular flexibility index (Phi) is 20.3. The van der Waals surface area contributed by atoms with E-state index in [0.717, 1.165) is 229 Å². The molecule has 2 amide bonds. The number of methoxy groups -OCH3 is 3. The molecule has 0 unspecified atom stereocenters. The number of benzene rings is 5. The van der Waals surface area contributed by atoms with Crippen LogP contribution in [0.5, 0.6) is 17.2 Å². The minimum Gasteiger partial charge on any atom is -0.497 e. The molecule has 2 aliphatic carbocycles. The van der Waals surface area contributed by atoms with Gasteiger partial charge < -0.3 is 55.1 Å². The number of carbonyl (C=O) groups is 2. The highest BCUT2D eigenvalue weighted by Crippen LogP contribution is 2.39. The Morgan fingerprint density at radius 2 is 1.02 bits per heavy atom. The molecule has 2 saturated heterocycles. The van der Waals surface area contributed by atoms with Gasteiger partial charge in [0.1, 0.15) is 28.6 Å². The molecule has 2 fully saturated rings. The molecule has 494 valence electrons. The van der Waals surface area contributed by atoms with Crippen LogP contribution in [0.3, 0.4) is 0 Å². The van der Waals surface area contributed by atoms with Crippen molar-refractivity contribution in [3.05, 3.63) is 171 Å². The number of nitrogens with zero attached hydrogens (tertiary/aromatic N) is 11. The Hall–Kier alpha value is -9.86. The van der Waals surface area contributed by atoms with Gasteiger partial charge in [-0.15, -0.1) is 0 Å². The molecule has 21 heteroatoms. The van der Waals surface area contributed by atoms with Gasteiger partial charge in [-0.05, 0) is 154 Å². The Balaban J connectivity index is 0.000000185. The van der Waals surface area contributed by atoms with Gasteiger partial charge >= 0.3 is 0 Å². The second-order valence-electron chi connectivity index (χ2n) is 24.8. The van der Waals surface area contributed by atoms with Crippen LogP contribution in [0.25, 0.3) is 22.8 Å². The molecular weight excluding hydrogens is 1190 g/mol. The summed E-state index contributed by atoms with van der Waals surface area (Å²) in [7, 11) is 9.34. The summed E-state index contributed by atoms with van der Waals surface area (Å²) < 4.78 is 18.9. The second-order valence-corrected chi connectivity index (χ2v) is 24.8. The topological polar surface area (TPSA) is 221 Å². The molecule has 4 aliphatic rings. The highest BCUT2D eigenvalue weighted by molar-refractivity contribution is 6.06. The smallest absolute Gasteiger partial charge is 0.276 e. The maximum absolute atomic E-state index is 14.3. The zero-order valence-corrected chi connectivity index (χ0v) is 56.3. The number of likely N-dealkylation sites (N-methyl/N-ethyl adjacent to an activating group) is 2. The minimum atomic E-state index is -0.207. The Morgan fingerprint density at radius 3 is 1.52 bits per heavy atom. The molecule has 5 N–H and O–H groups in total. The van der Waals surface area contributed by atoms with E-state index in [-0.39, 0.29) is 11.8 Å². The first-order valence-electron chi connectivity index (χ1n) is 33.5. The predicted octanol–water partition coefficient (Wildman–Crippen LogP) is 12.0. The van der Waals surface area contributed by atoms with Crippen LogP contribution < -0.4 is 45.3 Å². The van der Waals surface area contributed by atoms with Crippen molar-refractivity contribution in [1.29, 1.82) is 0 Å². The number of hydrogen-bond acceptors (Lipinski definition) is 17. The molecule has 4 aromatic heterocycles. The Labute approximate surface area is 557 Å². The van der Waals surface area contributed by atoms with Crippen LogP contribution in [0.15, 0.2) is 109 Å². The van der Waals surface area contributed by atoms with Gasteiger partial charge in [0.05, 0.1) is 56.3 Å². The number of rotatable bonds is 19. The highest BCUT2D eigenvalue weighted by atomic mass is 16.5. The summed E-state index contributed by atoms with van der Waals surface area (Å²) in [6.45, 7) is 16.9. The molecule has 0 radical (unpaired) electrons. The first-order valence-corrected chi connectivity index (χ1v) is 33.5. The van der Waals surface area contributed by atoms with Crippen molar-refractivity contribution >= 4 is 57.8 Å². The number of aryl methyl sites for hydroxylation is 6. The van der Waals surface area contributed by atoms with Gasteiger partial charge in [-0.25, -0.2) is 19.9 Å². The highest BCUT2D eigenvalue weighted by Gasteiger charge is 2.31. The van der Waals surface area contributed by atoms with Crippen LogP contribution in [0.1, 0.15) is 112 Å². The first-order chi connectivity index (χ1) is 46.4. The molecule has 5 aromatic carbocycles. The lowest BCUT2D eigenvalue weighted by molar-refractivity contribution is 0.101. The number of para-hydroxylation sites is 2. The number of anilines is 8. The number of ether oxygens (including phenoxy) is 3. The van der Waals surface area contributed by atoms with Gasteiger partial charge in [0.15, 0.2) is 5.69 Å². The van der Waals surface area contributed by atoms with E-state index in [0.29, 0.717) is 41.9 Å². The van der Waals surface area contributed by atoms with Crippen molar-refractivity contribution in [2.75, 3.05) is 119 Å². The number of fused-ring (bicyclic) bond motifs is 6. The van der Waals surface area contributed by atoms with E-state index in [1.165, 1.54) is 0 Å². The molecule has 6 heterocycles. The SMILES string of the molecule is CCc1cccc(CC)c1NC(=O)c1[nH]nc2c1CCCc1cnc(Nc3ccc(N4CCN(C)CC4)cc3OC)nc1-2.CCc1cccc(CC)c1NC(=O)c1nn(Cc2ccc(OC)cc2)c2c1CCCc1cnc(Nc3ccc(N4CCN(C)CC4)cc3OC)nc1-2. The number of hydrogen-bond donors (Lipinski definition) is 5. The zero-order chi connectivity index (χ0) is 66.1. The molecule has 0 bridgehead atoms. The van der Waals surface area contributed by atoms with Crippen LogP contribution in [-0.4, -0.2) is 149 Å². The van der Waals surface area contributed by atoms with Crippen molar-refractivity contribution < 1.29 is 23.8 Å². The van der Waals surface area contributed by atoms with Gasteiger partial charge in [-0.3, -0.25) is 19.4 Å². The van der Waals surface area contributed by atoms with E-state index in [9.17, 15) is 9.59 Å². The number of H-pyrrole nitrogens is 1. The molecule has 9 aromatic rings. The van der Waals surface area contributed by atoms with Crippen molar-refractivity contribution in [1.82, 2.24) is 49.7 Å². The first kappa shape index (κ1) is 65.2. The number of amides is 2. The molecule has 0 spiro atoms. The van der Waals surface area contributed by atoms with Crippen LogP contribution >= 0.6 is 0 Å². The fraction of sp³-hybridized carbons (Fsp3) is 0.378. The van der Waals surface area contributed by atoms with Gasteiger partial charge in [-0.2, -0.15) is 10.2 Å². The standard InChI is InChI=1S/C41H48N8O3.C33H40N8O2/c1-6-28-10-8-11-29(7-2)36(28)44-40(50)38-33-13-9-12-30-25-42-41(43-34-19-16-31(24-35(34)52-5)48-22-20-47(3)21-23-48)45-37(30)39(33)49(46-38)26-27-14-17-32(51-4)18-15-27;1-5-21-9-7-10-22(6-2)28(21)36-32(42)31-25-12-8-11-23-20-34-33(37-29(23)30(25)38-39-31)35-26-14-13-24(19-27(26)43-4)41-17-15-40(3)16-18-41/h8,10-11,14-19,24-25H,6-7,9,12-13,20-23,26H2,1-5H3,(H,44,50)(H,42,43,45);7,9-10,13-14,19-20H,5-6,8,11-12,15-18H2,1-4H3,(H,36,42)(H,38,39)(H,34,35,37). The average Bonchev–Trinajstić information content (AvgIpc) is 1.65. The van der Waals surface area contributed by atoms with Gasteiger partial charge in [0.2, 0.25) is 11.9 Å². The van der Waals surface area contributed by atoms with Crippen molar-refractivity contribution in [3.63, 3.8) is 0 Å². The van der Waals surface area contributed by atoms with Crippen molar-refractivity contribution in [3.8, 4) is 40.0 Å². The summed E-state index contributed by atoms with van der Waals surface area (Å²) in [4.78, 5) is 56.7. The summed E-state index contributed by atoms with van der Waals surface area (Å²) in [6, 6.07) is 32.8. The van der Waals surface area contributed by atoms with Crippen molar-refractivity contribution in [2.45, 2.75) is 98.4 Å². The summed E-state index contributed by atoms with van der Waals surface area (Å²) in [5.74, 6) is 2.75. The maximum Gasteiger partial charge on any atom is 0.276 e. The van der Waals surface area contributed by atoms with E-state index >= 15 is 0 Å². The minimum absolute atomic E-state index is 0.176. The van der Waals surface area contributed by atoms with E-state index < -0.39 is 0 Å². The quantitative estimate of drug-likeness (QED) is 0.0508. The lowest BCUT2D eigenvalue weighted by Gasteiger charge is -2.34. The van der Waals surface area contributed by atoms with Gasteiger partial charge in [0.25, 0.3) is 11.8 Å². The Bertz CT molecular complexity index is 4160. The van der Waals surface area contributed by atoms with Crippen LogP contribution in [0.2, 0.25) is 0 Å². The Morgan fingerprint density at radius 1 is 0.537 bits per heavy atom. The molecule has 0 saturated carbocycles. The molecular formula is C74H88N16O5. The summed E-state index contributed by atoms with van der Waals surface area (Å²) in [6.07, 6.45) is 11.8. The number of nitrogens with one attached hydrogen (secondary N) is 5. The third kappa shape index (κ3) is 14.3. The van der Waals surface area contributed by atoms with Gasteiger partial charge in [-0.1, -0.05) is 76.2 Å². The third-order valence-electron chi connectivity index (χ3n) is 18.8. The average molecular weight is 1280 g/mol. The fourth-order valence-corrected chi connectivity index (χ4v) is 13.3. The third-order valence-corrected chi connectivity index (χ3v) is 18.8. The molecule has 13 rings (SSSR count). The number of piperazine rings is 2. The largest absolute Gasteiger partial charge is 0.497 e. The number of aromatic amines is 1. The van der Waals surface area contributed by atoms with Crippen LogP contribution in [-0.2, 0) is 57.9 Å². The fourth-order valence-electron chi connectivity index (χ4n) is 13.3. The summed E-state index contributed by atoms with van der Waals surface area (Å²) in [5, 5.41) is 26.0. The van der Waals surface area contributed by atoms with E-state index in [1.54, 1.807) is 21.3 Å². The second kappa shape index (κ2) is 29.6. The lowest BCUT2D eigenvalue weighted by Crippen LogP contribution is -2.44. The van der Waals surface area contributed by atoms with Crippen LogP contribution in [0.4, 0.5) is 46.0 Å². The van der Waals surface area contributed by atoms with E-state index in [1.807, 2.05) is 53.5 Å². The van der Waals surface area contributed by atoms with Gasteiger partial charge in [0, 0.05) is 111 Å². The predicted molar refractivity (Wildman–Crippen MR) is 377 cm³/mol. The van der Waals surface area contributed by atoms with E-state index in [2.05, 4.69) is 159 Å². The number of carbonyl (C=O) groups excluding carboxylic acids is 2. The normalized spacial score (nSPS) is 14.6. The van der Waals surface area contributed by atoms with E-state index in [4.69, 9.17) is 34.3 Å². The maximum atomic E-state index is 14.3. The van der Waals surface area contributed by atoms with Crippen LogP contribution in [0, 0.1) is 0 Å². The lowest BCUT2D eigenvalue weighted by atomic mass is 10.0. The number of aromatic nitrogens is 8. The molecule has 0 atom stereocenters. The zero-order valence-electron chi connectivity index (χ0n) is 56.3. The van der Waals surface area contributed by atoms with Crippen molar-refractivity contribution in [2.24, 2.45) is 0 Å².